The predicted molar refractivity (Wildman–Crippen MR) is 297 cm³/mol. The van der Waals surface area contributed by atoms with E-state index >= 15 is 0 Å². The van der Waals surface area contributed by atoms with E-state index in [0.717, 1.165) is 0 Å². The van der Waals surface area contributed by atoms with Crippen LogP contribution in [-0.4, -0.2) is 180 Å². The molecule has 0 bridgehead atoms. The van der Waals surface area contributed by atoms with Gasteiger partial charge in [0.05, 0.1) is 22.9 Å². The smallest absolute Gasteiger partial charge is 0.115 e. The number of likely N-dealkylation sites (N-methyl/N-ethyl adjacent to an activating group) is 1. The molecular formula is C57H127N5O5. The Kier molecular flexibility index (Phi) is 26.3. The first-order chi connectivity index (χ1) is 28.9. The van der Waals surface area contributed by atoms with Gasteiger partial charge in [-0.3, -0.25) is 9.80 Å². The minimum Gasteiger partial charge on any atom is -0.380 e. The average Bonchev–Trinajstić information content (AvgIpc) is 3.17. The molecule has 1 rings (SSSR count). The molecule has 10 nitrogen and oxygen atoms in total. The van der Waals surface area contributed by atoms with Crippen molar-refractivity contribution in [2.24, 2.45) is 27.1 Å². The van der Waals surface area contributed by atoms with Crippen LogP contribution in [0.25, 0.3) is 0 Å². The number of ether oxygens (including phenoxy) is 5. The summed E-state index contributed by atoms with van der Waals surface area (Å²) in [5.41, 5.74) is 0.329. The molecule has 0 radical (unpaired) electrons. The molecule has 0 unspecified atom stereocenters. The van der Waals surface area contributed by atoms with Crippen molar-refractivity contribution in [3.63, 3.8) is 0 Å². The molecule has 0 N–H and O–H groups in total. The van der Waals surface area contributed by atoms with Gasteiger partial charge in [0.25, 0.3) is 0 Å². The van der Waals surface area contributed by atoms with Gasteiger partial charge in [0.1, 0.15) is 5.72 Å². The largest absolute Gasteiger partial charge is 0.380 e. The Morgan fingerprint density at radius 2 is 0.597 bits per heavy atom. The topological polar surface area (TPSA) is 62.4 Å². The number of methoxy groups -OCH3 is 5. The van der Waals surface area contributed by atoms with Crippen LogP contribution in [0.4, 0.5) is 0 Å². The van der Waals surface area contributed by atoms with Gasteiger partial charge in [-0.2, -0.15) is 0 Å². The lowest BCUT2D eigenvalue weighted by Crippen LogP contribution is -2.76. The van der Waals surface area contributed by atoms with E-state index in [2.05, 4.69) is 249 Å². The lowest BCUT2D eigenvalue weighted by molar-refractivity contribution is -0.236. The van der Waals surface area contributed by atoms with Crippen LogP contribution in [0.2, 0.25) is 0 Å². The average molecular weight is 963 g/mol. The van der Waals surface area contributed by atoms with Gasteiger partial charge in [0.15, 0.2) is 0 Å². The van der Waals surface area contributed by atoms with Crippen LogP contribution >= 0.6 is 0 Å². The third-order valence-electron chi connectivity index (χ3n) is 21.9. The van der Waals surface area contributed by atoms with E-state index in [4.69, 9.17) is 23.7 Å². The molecule has 410 valence electrons. The minimum atomic E-state index is -0.163. The molecule has 1 saturated heterocycles. The third-order valence-corrected chi connectivity index (χ3v) is 21.9. The first-order valence-corrected chi connectivity index (χ1v) is 25.0. The summed E-state index contributed by atoms with van der Waals surface area (Å²) in [5, 5.41) is 0. The Morgan fingerprint density at radius 1 is 0.343 bits per heavy atom. The second-order valence-corrected chi connectivity index (χ2v) is 27.7. The van der Waals surface area contributed by atoms with Gasteiger partial charge in [-0.05, 0) is 193 Å². The molecule has 1 heterocycles. The van der Waals surface area contributed by atoms with Crippen molar-refractivity contribution >= 4 is 0 Å². The summed E-state index contributed by atoms with van der Waals surface area (Å²) in [6.45, 7) is 62.8. The molecule has 0 aromatic carbocycles. The second-order valence-electron chi connectivity index (χ2n) is 27.7. The number of piperidine rings is 1. The first-order valence-electron chi connectivity index (χ1n) is 25.0. The Balaban J connectivity index is -0.000000379. The van der Waals surface area contributed by atoms with E-state index < -0.39 is 0 Å². The molecule has 0 aliphatic carbocycles. The fraction of sp³-hybridized carbons (Fsp3) is 1.00. The molecule has 0 aromatic heterocycles. The van der Waals surface area contributed by atoms with Crippen LogP contribution in [0.1, 0.15) is 194 Å². The molecule has 1 aliphatic heterocycles. The molecule has 0 saturated carbocycles. The summed E-state index contributed by atoms with van der Waals surface area (Å²) in [6.07, 6.45) is 0.246. The third kappa shape index (κ3) is 14.9. The van der Waals surface area contributed by atoms with Crippen LogP contribution in [0.5, 0.6) is 0 Å². The Bertz CT molecular complexity index is 1400. The Morgan fingerprint density at radius 3 is 0.776 bits per heavy atom. The molecule has 10 heteroatoms. The maximum absolute atomic E-state index is 5.91. The fourth-order valence-electron chi connectivity index (χ4n) is 8.55. The van der Waals surface area contributed by atoms with Crippen molar-refractivity contribution in [2.45, 2.75) is 250 Å². The summed E-state index contributed by atoms with van der Waals surface area (Å²) in [5.74, 6) is 0. The summed E-state index contributed by atoms with van der Waals surface area (Å²) in [6, 6.07) is 0. The highest BCUT2D eigenvalue weighted by molar-refractivity contribution is 5.16. The van der Waals surface area contributed by atoms with E-state index in [1.54, 1.807) is 28.4 Å². The van der Waals surface area contributed by atoms with Crippen molar-refractivity contribution in [3.8, 4) is 0 Å². The summed E-state index contributed by atoms with van der Waals surface area (Å²) in [7, 11) is 27.8. The zero-order valence-corrected chi connectivity index (χ0v) is 53.9. The van der Waals surface area contributed by atoms with E-state index in [-0.39, 0.29) is 83.4 Å². The molecule has 67 heavy (non-hydrogen) atoms. The number of nitrogens with zero attached hydrogens (tertiary/aromatic N) is 5. The standard InChI is InChI=1S/C15H31NO.C15H33NO.C12H27NO.C9H21NO.C6H15NO/c1-12(2)11(17-10)13(3,4)15(7,8)16(9)14(12,5)6;1-12(2,14(5,6)16(9)10)13(3,4)15(7,8)17-11;1-10(2,12(5,6)14-9)11(3,4)13(7)8;1-8(2,10(5)6)9(3,4)11-7;1-6(2,8-5)7(3)4/h11H,1-10H3;1-11H3;1-9H3;1-7H3;1-5H3. The zero-order chi connectivity index (χ0) is 56.0. The van der Waals surface area contributed by atoms with E-state index in [0.29, 0.717) is 0 Å². The summed E-state index contributed by atoms with van der Waals surface area (Å²) in [4.78, 5) is 11.3. The molecule has 0 atom stereocenters. The van der Waals surface area contributed by atoms with Gasteiger partial charge in [-0.25, -0.2) is 0 Å². The van der Waals surface area contributed by atoms with Crippen molar-refractivity contribution in [1.82, 2.24) is 24.5 Å². The van der Waals surface area contributed by atoms with Gasteiger partial charge in [0.2, 0.25) is 0 Å². The maximum atomic E-state index is 5.91. The van der Waals surface area contributed by atoms with Gasteiger partial charge < -0.3 is 38.4 Å². The molecular weight excluding hydrogens is 835 g/mol. The Labute approximate surface area is 423 Å². The lowest BCUT2D eigenvalue weighted by Gasteiger charge is -2.68. The van der Waals surface area contributed by atoms with E-state index in [1.807, 2.05) is 40.0 Å². The highest BCUT2D eigenvalue weighted by Crippen LogP contribution is 2.58. The summed E-state index contributed by atoms with van der Waals surface area (Å²) >= 11 is 0. The van der Waals surface area contributed by atoms with E-state index in [1.165, 1.54) is 0 Å². The van der Waals surface area contributed by atoms with Gasteiger partial charge in [-0.15, -0.1) is 0 Å². The highest BCUT2D eigenvalue weighted by Gasteiger charge is 2.64. The van der Waals surface area contributed by atoms with Gasteiger partial charge in [0, 0.05) is 84.9 Å². The van der Waals surface area contributed by atoms with Crippen LogP contribution in [0.3, 0.4) is 0 Å². The lowest BCUT2D eigenvalue weighted by atomic mass is 9.52. The van der Waals surface area contributed by atoms with Crippen LogP contribution < -0.4 is 0 Å². The predicted octanol–water partition coefficient (Wildman–Crippen LogP) is 12.8. The maximum Gasteiger partial charge on any atom is 0.115 e. The quantitative estimate of drug-likeness (QED) is 0.148. The Hall–Kier alpha value is -0.400. The SMILES string of the molecule is COC(C)(C)C(C)(C)C(C)(C)C(C)(C)N(C)C.COC(C)(C)C(C)(C)C(C)(C)N(C)C.COC(C)(C)C(C)(C)N(C)C.COC(C)(C)N(C)C.COC1C(C)(C)C(C)(C)N(C)C(C)(C)C1(C)C. The number of hydrogen-bond donors (Lipinski definition) is 0. The number of likely N-dealkylation sites (tertiary alicyclic amines) is 1. The van der Waals surface area contributed by atoms with Crippen molar-refractivity contribution in [3.05, 3.63) is 0 Å². The van der Waals surface area contributed by atoms with Gasteiger partial charge >= 0.3 is 0 Å². The normalized spacial score (nSPS) is 18.9. The molecule has 0 aromatic rings. The molecule has 1 aliphatic rings. The molecule has 1 fully saturated rings. The van der Waals surface area contributed by atoms with Crippen LogP contribution in [0.15, 0.2) is 0 Å². The van der Waals surface area contributed by atoms with Crippen LogP contribution in [-0.2, 0) is 23.7 Å². The second kappa shape index (κ2) is 24.1. The van der Waals surface area contributed by atoms with Gasteiger partial charge in [-0.1, -0.05) is 69.2 Å². The van der Waals surface area contributed by atoms with Crippen molar-refractivity contribution in [1.29, 1.82) is 0 Å². The number of rotatable bonds is 15. The fourth-order valence-corrected chi connectivity index (χ4v) is 8.55. The monoisotopic (exact) mass is 962 g/mol. The van der Waals surface area contributed by atoms with Crippen molar-refractivity contribution < 1.29 is 23.7 Å². The number of hydrogen-bond acceptors (Lipinski definition) is 10. The van der Waals surface area contributed by atoms with E-state index in [9.17, 15) is 0 Å². The zero-order valence-electron chi connectivity index (χ0n) is 53.9. The first kappa shape index (κ1) is 73.1. The van der Waals surface area contributed by atoms with Crippen molar-refractivity contribution in [2.75, 3.05) is 99.0 Å². The minimum absolute atomic E-state index is 0.0442. The van der Waals surface area contributed by atoms with Crippen LogP contribution in [0, 0.1) is 27.1 Å². The highest BCUT2D eigenvalue weighted by atomic mass is 16.5. The summed E-state index contributed by atoms with van der Waals surface area (Å²) < 4.78 is 27.8. The molecule has 0 spiro atoms. The molecule has 0 amide bonds.